The van der Waals surface area contributed by atoms with Crippen LogP contribution in [0.5, 0.6) is 0 Å². The quantitative estimate of drug-likeness (QED) is 0.200. The molecule has 0 amide bonds. The predicted octanol–water partition coefficient (Wildman–Crippen LogP) is 2.94. The Morgan fingerprint density at radius 3 is 1.37 bits per heavy atom. The summed E-state index contributed by atoms with van der Waals surface area (Å²) in [5, 5.41) is 9.07. The topological polar surface area (TPSA) is 77.4 Å². The molecule has 4 nitrogen and oxygen atoms in total. The summed E-state index contributed by atoms with van der Waals surface area (Å²) in [7, 11) is -4.42. The maximum Gasteiger partial charge on any atom is 1.00 e. The minimum Gasteiger partial charge on any atom is -0.748 e. The maximum absolute atomic E-state index is 11.5. The number of hydrogen-bond donors (Lipinski definition) is 1. The summed E-state index contributed by atoms with van der Waals surface area (Å²) in [6.07, 6.45) is 16.7. The number of aliphatic hydroxyl groups is 1. The molecule has 0 aliphatic heterocycles. The monoisotopic (exact) mass is 414 g/mol. The summed E-state index contributed by atoms with van der Waals surface area (Å²) in [4.78, 5) is 0. The summed E-state index contributed by atoms with van der Waals surface area (Å²) in [5.41, 5.74) is 0. The molecule has 0 heterocycles. The molecule has 0 aromatic carbocycles. The van der Waals surface area contributed by atoms with Crippen LogP contribution in [0.25, 0.3) is 0 Å². The molecule has 0 aromatic heterocycles. The molecule has 0 aliphatic rings. The molecule has 27 heavy (non-hydrogen) atoms. The van der Waals surface area contributed by atoms with Crippen LogP contribution in [0.4, 0.5) is 0 Å². The van der Waals surface area contributed by atoms with E-state index in [2.05, 4.69) is 13.8 Å². The van der Waals surface area contributed by atoms with Gasteiger partial charge in [0.15, 0.2) is 0 Å². The van der Waals surface area contributed by atoms with Crippen LogP contribution in [0.1, 0.15) is 123 Å². The molecule has 0 aromatic rings. The van der Waals surface area contributed by atoms with Gasteiger partial charge in [-0.3, -0.25) is 0 Å². The largest absolute Gasteiger partial charge is 1.00 e. The van der Waals surface area contributed by atoms with E-state index in [0.29, 0.717) is 19.3 Å². The molecular weight excluding hydrogens is 371 g/mol. The molecule has 0 rings (SSSR count). The number of aliphatic hydroxyl groups excluding tert-OH is 1. The zero-order valence-corrected chi connectivity index (χ0v) is 21.1. The fraction of sp³-hybridized carbons (Fsp3) is 1.00. The van der Waals surface area contributed by atoms with Crippen LogP contribution >= 0.6 is 0 Å². The van der Waals surface area contributed by atoms with E-state index >= 15 is 0 Å². The van der Waals surface area contributed by atoms with Gasteiger partial charge in [0.1, 0.15) is 10.1 Å². The van der Waals surface area contributed by atoms with Gasteiger partial charge in [-0.2, -0.15) is 0 Å². The van der Waals surface area contributed by atoms with Gasteiger partial charge in [-0.05, 0) is 12.8 Å². The van der Waals surface area contributed by atoms with Gasteiger partial charge in [0.05, 0.1) is 11.4 Å². The Hall–Kier alpha value is 0.870. The SMILES string of the molecule is CCCCCCCCCCCCC(O)C(CCCCCCC)S(=O)(=O)[O-].[Na+]. The van der Waals surface area contributed by atoms with E-state index in [4.69, 9.17) is 0 Å². The number of unbranched alkanes of at least 4 members (excludes halogenated alkanes) is 13. The average Bonchev–Trinajstić information content (AvgIpc) is 2.58. The van der Waals surface area contributed by atoms with Crippen molar-refractivity contribution < 1.29 is 47.6 Å². The Morgan fingerprint density at radius 2 is 1.00 bits per heavy atom. The predicted molar refractivity (Wildman–Crippen MR) is 109 cm³/mol. The third-order valence-corrected chi connectivity index (χ3v) is 6.54. The van der Waals surface area contributed by atoms with Crippen molar-refractivity contribution in [2.45, 2.75) is 134 Å². The number of rotatable bonds is 19. The third kappa shape index (κ3) is 18.6. The van der Waals surface area contributed by atoms with Crippen molar-refractivity contribution in [1.29, 1.82) is 0 Å². The zero-order valence-electron chi connectivity index (χ0n) is 18.3. The summed E-state index contributed by atoms with van der Waals surface area (Å²) in [5.74, 6) is 0. The van der Waals surface area contributed by atoms with Crippen LogP contribution in [0.2, 0.25) is 0 Å². The fourth-order valence-corrected chi connectivity index (χ4v) is 4.48. The van der Waals surface area contributed by atoms with Crippen LogP contribution < -0.4 is 29.6 Å². The van der Waals surface area contributed by atoms with Crippen molar-refractivity contribution in [3.8, 4) is 0 Å². The van der Waals surface area contributed by atoms with Gasteiger partial charge in [-0.15, -0.1) is 0 Å². The van der Waals surface area contributed by atoms with Crippen molar-refractivity contribution in [3.05, 3.63) is 0 Å². The summed E-state index contributed by atoms with van der Waals surface area (Å²) in [6, 6.07) is 0. The summed E-state index contributed by atoms with van der Waals surface area (Å²) >= 11 is 0. The first-order valence-electron chi connectivity index (χ1n) is 11.1. The van der Waals surface area contributed by atoms with Crippen molar-refractivity contribution >= 4 is 10.1 Å². The van der Waals surface area contributed by atoms with E-state index < -0.39 is 21.5 Å². The van der Waals surface area contributed by atoms with E-state index in [9.17, 15) is 18.1 Å². The molecule has 0 fully saturated rings. The molecular formula is C21H43NaO4S. The minimum absolute atomic E-state index is 0. The Balaban J connectivity index is 0. The Kier molecular flexibility index (Phi) is 22.4. The zero-order chi connectivity index (χ0) is 19.7. The Bertz CT molecular complexity index is 401. The van der Waals surface area contributed by atoms with Crippen molar-refractivity contribution in [1.82, 2.24) is 0 Å². The van der Waals surface area contributed by atoms with Crippen molar-refractivity contribution in [2.75, 3.05) is 0 Å². The van der Waals surface area contributed by atoms with Crippen LogP contribution in [-0.4, -0.2) is 29.4 Å². The average molecular weight is 415 g/mol. The van der Waals surface area contributed by atoms with Gasteiger partial charge in [-0.1, -0.05) is 110 Å². The second-order valence-corrected chi connectivity index (χ2v) is 9.36. The van der Waals surface area contributed by atoms with E-state index in [1.165, 1.54) is 44.9 Å². The fourth-order valence-electron chi connectivity index (χ4n) is 3.50. The second kappa shape index (κ2) is 20.2. The molecule has 0 aliphatic carbocycles. The first-order valence-corrected chi connectivity index (χ1v) is 12.5. The third-order valence-electron chi connectivity index (χ3n) is 5.25. The van der Waals surface area contributed by atoms with E-state index in [1.54, 1.807) is 0 Å². The van der Waals surface area contributed by atoms with E-state index in [-0.39, 0.29) is 29.6 Å². The van der Waals surface area contributed by atoms with Crippen molar-refractivity contribution in [2.24, 2.45) is 0 Å². The Morgan fingerprint density at radius 1 is 0.667 bits per heavy atom. The molecule has 0 saturated carbocycles. The number of hydrogen-bond acceptors (Lipinski definition) is 4. The first-order chi connectivity index (χ1) is 12.4. The van der Waals surface area contributed by atoms with Gasteiger partial charge < -0.3 is 9.66 Å². The van der Waals surface area contributed by atoms with Gasteiger partial charge in [0, 0.05) is 0 Å². The molecule has 1 N–H and O–H groups in total. The minimum atomic E-state index is -4.42. The molecule has 0 bridgehead atoms. The van der Waals surface area contributed by atoms with Gasteiger partial charge in [0.2, 0.25) is 0 Å². The maximum atomic E-state index is 11.5. The summed E-state index contributed by atoms with van der Waals surface area (Å²) < 4.78 is 34.4. The molecule has 158 valence electrons. The molecule has 0 saturated heterocycles. The molecule has 2 unspecified atom stereocenters. The van der Waals surface area contributed by atoms with Crippen LogP contribution in [0, 0.1) is 0 Å². The molecule has 6 heteroatoms. The normalized spacial score (nSPS) is 13.9. The first kappa shape index (κ1) is 30.1. The Labute approximate surface area is 191 Å². The van der Waals surface area contributed by atoms with Crippen LogP contribution in [0.15, 0.2) is 0 Å². The summed E-state index contributed by atoms with van der Waals surface area (Å²) in [6.45, 7) is 4.35. The van der Waals surface area contributed by atoms with Crippen molar-refractivity contribution in [3.63, 3.8) is 0 Å². The standard InChI is InChI=1S/C21H44O4S.Na/c1-3-5-7-9-10-11-12-13-15-16-18-20(22)21(26(23,24)25)19-17-14-8-6-4-2;/h20-22H,3-19H2,1-2H3,(H,23,24,25);/q;+1/p-1. The smallest absolute Gasteiger partial charge is 0.748 e. The van der Waals surface area contributed by atoms with Gasteiger partial charge in [-0.25, -0.2) is 8.42 Å². The van der Waals surface area contributed by atoms with Crippen LogP contribution in [-0.2, 0) is 10.1 Å². The molecule has 0 radical (unpaired) electrons. The van der Waals surface area contributed by atoms with Crippen LogP contribution in [0.3, 0.4) is 0 Å². The van der Waals surface area contributed by atoms with E-state index in [1.807, 2.05) is 0 Å². The second-order valence-electron chi connectivity index (χ2n) is 7.77. The molecule has 2 atom stereocenters. The molecule has 0 spiro atoms. The van der Waals surface area contributed by atoms with Gasteiger partial charge in [0.25, 0.3) is 0 Å². The van der Waals surface area contributed by atoms with E-state index in [0.717, 1.165) is 44.9 Å². The van der Waals surface area contributed by atoms with Gasteiger partial charge >= 0.3 is 29.6 Å².